The summed E-state index contributed by atoms with van der Waals surface area (Å²) in [5.41, 5.74) is 2.94. The van der Waals surface area contributed by atoms with Crippen molar-refractivity contribution in [1.82, 2.24) is 10.2 Å². The first-order valence-electron chi connectivity index (χ1n) is 16.3. The molecule has 0 radical (unpaired) electrons. The molecule has 48 heavy (non-hydrogen) atoms. The Kier molecular flexibility index (Phi) is 11.8. The van der Waals surface area contributed by atoms with Crippen molar-refractivity contribution >= 4 is 39.1 Å². The van der Waals surface area contributed by atoms with Gasteiger partial charge < -0.3 is 15.0 Å². The maximum atomic E-state index is 14.7. The van der Waals surface area contributed by atoms with Crippen LogP contribution in [0.15, 0.2) is 108 Å². The highest BCUT2D eigenvalue weighted by atomic mass is 35.5. The fourth-order valence-electron chi connectivity index (χ4n) is 6.10. The molecule has 1 saturated carbocycles. The van der Waals surface area contributed by atoms with Gasteiger partial charge in [0.1, 0.15) is 18.3 Å². The minimum absolute atomic E-state index is 0.0163. The van der Waals surface area contributed by atoms with Crippen molar-refractivity contribution < 1.29 is 22.7 Å². The molecule has 1 N–H and O–H groups in total. The van der Waals surface area contributed by atoms with Gasteiger partial charge in [0.25, 0.3) is 10.0 Å². The third-order valence-corrected chi connectivity index (χ3v) is 10.9. The minimum Gasteiger partial charge on any atom is -0.497 e. The monoisotopic (exact) mass is 687 g/mol. The predicted octanol–water partition coefficient (Wildman–Crippen LogP) is 6.94. The second-order valence-corrected chi connectivity index (χ2v) is 14.5. The Morgan fingerprint density at radius 1 is 0.896 bits per heavy atom. The Labute approximate surface area is 288 Å². The zero-order valence-corrected chi connectivity index (χ0v) is 28.9. The molecule has 0 aromatic heterocycles. The maximum Gasteiger partial charge on any atom is 0.264 e. The number of hydrogen-bond acceptors (Lipinski definition) is 5. The number of ether oxygens (including phenoxy) is 1. The van der Waals surface area contributed by atoms with E-state index in [0.29, 0.717) is 10.8 Å². The predicted molar refractivity (Wildman–Crippen MR) is 190 cm³/mol. The van der Waals surface area contributed by atoms with E-state index < -0.39 is 28.5 Å². The molecule has 1 fully saturated rings. The van der Waals surface area contributed by atoms with Crippen LogP contribution in [0, 0.1) is 6.92 Å². The Bertz CT molecular complexity index is 1790. The lowest BCUT2D eigenvalue weighted by molar-refractivity contribution is -0.140. The molecule has 2 amide bonds. The summed E-state index contributed by atoms with van der Waals surface area (Å²) in [5.74, 6) is -0.272. The third kappa shape index (κ3) is 8.76. The van der Waals surface area contributed by atoms with Crippen LogP contribution in [-0.2, 0) is 32.6 Å². The van der Waals surface area contributed by atoms with Crippen molar-refractivity contribution in [3.8, 4) is 5.75 Å². The fraction of sp³-hybridized carbons (Fsp3) is 0.316. The summed E-state index contributed by atoms with van der Waals surface area (Å²) in [7, 11) is -2.76. The molecular weight excluding hydrogens is 646 g/mol. The number of anilines is 1. The first-order valence-corrected chi connectivity index (χ1v) is 18.1. The number of nitrogens with one attached hydrogen (secondary N) is 1. The van der Waals surface area contributed by atoms with Gasteiger partial charge in [0, 0.05) is 24.0 Å². The number of rotatable bonds is 13. The Morgan fingerprint density at radius 3 is 2.25 bits per heavy atom. The molecule has 1 aliphatic rings. The standard InChI is InChI=1S/C38H42ClN3O5S/c1-28-12-9-10-15-30(28)26-41(36(24-29-13-5-3-6-14-29)38(44)40-32-17-7-4-8-18-32)37(43)27-42(33-19-11-16-31(39)25-33)48(45,46)35-22-20-34(47-2)21-23-35/h3,5-6,9-16,19-23,25,32,36H,4,7-8,17-18,24,26-27H2,1-2H3,(H,40,44)/t36-/m0/s1. The molecule has 1 aliphatic carbocycles. The van der Waals surface area contributed by atoms with Gasteiger partial charge >= 0.3 is 0 Å². The second-order valence-electron chi connectivity index (χ2n) is 12.2. The second kappa shape index (κ2) is 16.2. The van der Waals surface area contributed by atoms with Crippen LogP contribution in [0.4, 0.5) is 5.69 Å². The normalized spacial score (nSPS) is 14.1. The van der Waals surface area contributed by atoms with Gasteiger partial charge in [-0.2, -0.15) is 0 Å². The molecule has 0 saturated heterocycles. The topological polar surface area (TPSA) is 96.0 Å². The SMILES string of the molecule is COc1ccc(S(=O)(=O)N(CC(=O)N(Cc2ccccc2C)[C@@H](Cc2ccccc2)C(=O)NC2CCCCC2)c2cccc(Cl)c2)cc1. The van der Waals surface area contributed by atoms with E-state index in [2.05, 4.69) is 5.32 Å². The largest absolute Gasteiger partial charge is 0.497 e. The molecule has 0 bridgehead atoms. The fourth-order valence-corrected chi connectivity index (χ4v) is 7.69. The molecule has 4 aromatic carbocycles. The molecule has 252 valence electrons. The number of sulfonamides is 1. The van der Waals surface area contributed by atoms with Crippen LogP contribution < -0.4 is 14.4 Å². The summed E-state index contributed by atoms with van der Waals surface area (Å²) < 4.78 is 34.8. The van der Waals surface area contributed by atoms with Crippen LogP contribution in [0.3, 0.4) is 0 Å². The van der Waals surface area contributed by atoms with Gasteiger partial charge in [-0.05, 0) is 78.9 Å². The molecule has 0 spiro atoms. The van der Waals surface area contributed by atoms with Crippen molar-refractivity contribution in [3.05, 3.63) is 125 Å². The van der Waals surface area contributed by atoms with Crippen LogP contribution in [-0.4, -0.2) is 50.9 Å². The van der Waals surface area contributed by atoms with Crippen LogP contribution in [0.25, 0.3) is 0 Å². The van der Waals surface area contributed by atoms with Crippen molar-refractivity contribution in [3.63, 3.8) is 0 Å². The maximum absolute atomic E-state index is 14.7. The van der Waals surface area contributed by atoms with E-state index in [-0.39, 0.29) is 35.5 Å². The number of hydrogen-bond donors (Lipinski definition) is 1. The van der Waals surface area contributed by atoms with Gasteiger partial charge in [-0.3, -0.25) is 13.9 Å². The Morgan fingerprint density at radius 2 is 1.58 bits per heavy atom. The summed E-state index contributed by atoms with van der Waals surface area (Å²) in [6, 6.07) is 28.8. The zero-order valence-electron chi connectivity index (χ0n) is 27.3. The van der Waals surface area contributed by atoms with Crippen LogP contribution in [0.5, 0.6) is 5.75 Å². The van der Waals surface area contributed by atoms with Crippen molar-refractivity contribution in [2.45, 2.75) is 69.0 Å². The average molecular weight is 688 g/mol. The first-order chi connectivity index (χ1) is 23.2. The van der Waals surface area contributed by atoms with Gasteiger partial charge in [0.2, 0.25) is 11.8 Å². The highest BCUT2D eigenvalue weighted by molar-refractivity contribution is 7.92. The van der Waals surface area contributed by atoms with E-state index in [1.54, 1.807) is 30.3 Å². The van der Waals surface area contributed by atoms with Gasteiger partial charge in [-0.1, -0.05) is 91.5 Å². The number of carbonyl (C=O) groups is 2. The minimum atomic E-state index is -4.26. The number of methoxy groups -OCH3 is 1. The van der Waals surface area contributed by atoms with Crippen molar-refractivity contribution in [1.29, 1.82) is 0 Å². The lowest BCUT2D eigenvalue weighted by atomic mass is 9.94. The quantitative estimate of drug-likeness (QED) is 0.164. The third-order valence-electron chi connectivity index (χ3n) is 8.85. The highest BCUT2D eigenvalue weighted by Gasteiger charge is 2.35. The summed E-state index contributed by atoms with van der Waals surface area (Å²) >= 11 is 6.34. The summed E-state index contributed by atoms with van der Waals surface area (Å²) in [4.78, 5) is 30.5. The van der Waals surface area contributed by atoms with E-state index in [1.165, 1.54) is 30.2 Å². The number of aryl methyl sites for hydroxylation is 1. The average Bonchev–Trinajstić information content (AvgIpc) is 3.10. The van der Waals surface area contributed by atoms with Gasteiger partial charge in [-0.25, -0.2) is 8.42 Å². The van der Waals surface area contributed by atoms with E-state index in [1.807, 2.05) is 61.5 Å². The number of nitrogens with zero attached hydrogens (tertiary/aromatic N) is 2. The van der Waals surface area contributed by atoms with Crippen LogP contribution in [0.2, 0.25) is 5.02 Å². The van der Waals surface area contributed by atoms with E-state index in [4.69, 9.17) is 16.3 Å². The molecule has 0 unspecified atom stereocenters. The van der Waals surface area contributed by atoms with Gasteiger partial charge in [0.15, 0.2) is 0 Å². The van der Waals surface area contributed by atoms with E-state index in [9.17, 15) is 18.0 Å². The summed E-state index contributed by atoms with van der Waals surface area (Å²) in [6.45, 7) is 1.52. The number of benzene rings is 4. The zero-order chi connectivity index (χ0) is 34.1. The molecule has 4 aromatic rings. The Balaban J connectivity index is 1.57. The highest BCUT2D eigenvalue weighted by Crippen LogP contribution is 2.28. The van der Waals surface area contributed by atoms with Crippen molar-refractivity contribution in [2.75, 3.05) is 18.0 Å². The first kappa shape index (κ1) is 35.0. The van der Waals surface area contributed by atoms with Gasteiger partial charge in [-0.15, -0.1) is 0 Å². The molecule has 8 nitrogen and oxygen atoms in total. The number of halogens is 1. The van der Waals surface area contributed by atoms with Crippen molar-refractivity contribution in [2.24, 2.45) is 0 Å². The molecule has 5 rings (SSSR count). The molecule has 1 atom stereocenters. The lowest BCUT2D eigenvalue weighted by Gasteiger charge is -2.35. The van der Waals surface area contributed by atoms with Crippen LogP contribution >= 0.6 is 11.6 Å². The summed E-state index contributed by atoms with van der Waals surface area (Å²) in [6.07, 6.45) is 5.26. The van der Waals surface area contributed by atoms with Gasteiger partial charge in [0.05, 0.1) is 17.7 Å². The molecular formula is C38H42ClN3O5S. The number of amides is 2. The smallest absolute Gasteiger partial charge is 0.264 e. The number of carbonyl (C=O) groups excluding carboxylic acids is 2. The molecule has 0 aliphatic heterocycles. The summed E-state index contributed by atoms with van der Waals surface area (Å²) in [5, 5.41) is 3.56. The Hall–Kier alpha value is -4.34. The molecule has 10 heteroatoms. The lowest BCUT2D eigenvalue weighted by Crippen LogP contribution is -2.55. The van der Waals surface area contributed by atoms with E-state index in [0.717, 1.165) is 53.1 Å². The molecule has 0 heterocycles. The van der Waals surface area contributed by atoms with Crippen LogP contribution in [0.1, 0.15) is 48.8 Å². The van der Waals surface area contributed by atoms with E-state index >= 15 is 0 Å².